The molecular formula is C17H17F2NO. The van der Waals surface area contributed by atoms with Gasteiger partial charge in [-0.25, -0.2) is 8.78 Å². The minimum Gasteiger partial charge on any atom is -0.319 e. The fraction of sp³-hybridized carbons (Fsp3) is 0.235. The number of halogens is 2. The van der Waals surface area contributed by atoms with Crippen molar-refractivity contribution in [1.29, 1.82) is 0 Å². The van der Waals surface area contributed by atoms with Crippen molar-refractivity contribution >= 4 is 5.78 Å². The van der Waals surface area contributed by atoms with Gasteiger partial charge in [0.1, 0.15) is 11.6 Å². The van der Waals surface area contributed by atoms with Crippen molar-refractivity contribution in [1.82, 2.24) is 5.32 Å². The van der Waals surface area contributed by atoms with Crippen molar-refractivity contribution in [3.63, 3.8) is 0 Å². The van der Waals surface area contributed by atoms with Crippen LogP contribution in [0.5, 0.6) is 0 Å². The second-order valence-corrected chi connectivity index (χ2v) is 4.85. The molecule has 2 nitrogen and oxygen atoms in total. The lowest BCUT2D eigenvalue weighted by molar-refractivity contribution is 0.0991. The van der Waals surface area contributed by atoms with Gasteiger partial charge in [-0.1, -0.05) is 24.3 Å². The summed E-state index contributed by atoms with van der Waals surface area (Å²) in [4.78, 5) is 12.4. The molecule has 0 radical (unpaired) electrons. The first-order valence-electron chi connectivity index (χ1n) is 6.81. The van der Waals surface area contributed by atoms with Crippen molar-refractivity contribution in [2.45, 2.75) is 12.8 Å². The number of ketones is 1. The summed E-state index contributed by atoms with van der Waals surface area (Å²) in [5, 5.41) is 3.03. The zero-order valence-electron chi connectivity index (χ0n) is 11.8. The highest BCUT2D eigenvalue weighted by Crippen LogP contribution is 2.16. The van der Waals surface area contributed by atoms with Gasteiger partial charge in [0, 0.05) is 12.0 Å². The molecule has 0 aliphatic rings. The Kier molecular flexibility index (Phi) is 5.17. The van der Waals surface area contributed by atoms with Gasteiger partial charge in [0.05, 0.1) is 0 Å². The van der Waals surface area contributed by atoms with Crippen LogP contribution in [0.25, 0.3) is 0 Å². The second-order valence-electron chi connectivity index (χ2n) is 4.85. The molecule has 0 spiro atoms. The Labute approximate surface area is 122 Å². The van der Waals surface area contributed by atoms with Crippen LogP contribution in [0.15, 0.2) is 42.5 Å². The Morgan fingerprint density at radius 2 is 1.86 bits per heavy atom. The molecule has 0 unspecified atom stereocenters. The van der Waals surface area contributed by atoms with Gasteiger partial charge in [0.15, 0.2) is 5.78 Å². The number of hydrogen-bond donors (Lipinski definition) is 1. The average Bonchev–Trinajstić information content (AvgIpc) is 2.49. The fourth-order valence-electron chi connectivity index (χ4n) is 2.22. The van der Waals surface area contributed by atoms with E-state index in [1.807, 2.05) is 19.2 Å². The number of nitrogens with one attached hydrogen (secondary N) is 1. The third-order valence-electron chi connectivity index (χ3n) is 3.32. The molecule has 0 aromatic heterocycles. The third kappa shape index (κ3) is 3.95. The highest BCUT2D eigenvalue weighted by Gasteiger charge is 2.14. The van der Waals surface area contributed by atoms with Gasteiger partial charge in [-0.3, -0.25) is 4.79 Å². The van der Waals surface area contributed by atoms with Crippen molar-refractivity contribution in [2.75, 3.05) is 13.6 Å². The van der Waals surface area contributed by atoms with Crippen LogP contribution in [0.2, 0.25) is 0 Å². The van der Waals surface area contributed by atoms with E-state index < -0.39 is 11.6 Å². The monoisotopic (exact) mass is 289 g/mol. The summed E-state index contributed by atoms with van der Waals surface area (Å²) in [7, 11) is 1.84. The van der Waals surface area contributed by atoms with E-state index in [2.05, 4.69) is 5.32 Å². The maximum absolute atomic E-state index is 13.6. The molecule has 4 heteroatoms. The number of carbonyl (C=O) groups excluding carboxylic acids is 1. The summed E-state index contributed by atoms with van der Waals surface area (Å²) >= 11 is 0. The number of carbonyl (C=O) groups is 1. The Bertz CT molecular complexity index is 640. The van der Waals surface area contributed by atoms with Crippen LogP contribution in [0.1, 0.15) is 21.5 Å². The number of benzene rings is 2. The molecule has 0 atom stereocenters. The number of hydrogen-bond acceptors (Lipinski definition) is 2. The second kappa shape index (κ2) is 7.09. The molecule has 0 bridgehead atoms. The Hall–Kier alpha value is -2.07. The molecule has 0 aliphatic heterocycles. The van der Waals surface area contributed by atoms with Gasteiger partial charge >= 0.3 is 0 Å². The molecule has 0 heterocycles. The third-order valence-corrected chi connectivity index (χ3v) is 3.32. The molecule has 0 aliphatic carbocycles. The highest BCUT2D eigenvalue weighted by atomic mass is 19.1. The van der Waals surface area contributed by atoms with E-state index in [-0.39, 0.29) is 17.8 Å². The van der Waals surface area contributed by atoms with E-state index in [9.17, 15) is 13.6 Å². The molecule has 1 N–H and O–H groups in total. The van der Waals surface area contributed by atoms with Crippen molar-refractivity contribution in [2.24, 2.45) is 0 Å². The number of Topliss-reactive ketones (excluding diaryl/α,β-unsaturated/α-hetero) is 1. The zero-order valence-corrected chi connectivity index (χ0v) is 11.8. The van der Waals surface area contributed by atoms with Gasteiger partial charge in [0.25, 0.3) is 0 Å². The topological polar surface area (TPSA) is 29.1 Å². The van der Waals surface area contributed by atoms with E-state index in [4.69, 9.17) is 0 Å². The number of likely N-dealkylation sites (N-methyl/N-ethyl adjacent to an activating group) is 1. The molecule has 0 saturated heterocycles. The molecular weight excluding hydrogens is 272 g/mol. The lowest BCUT2D eigenvalue weighted by Crippen LogP contribution is -2.14. The Morgan fingerprint density at radius 1 is 1.10 bits per heavy atom. The predicted octanol–water partition coefficient (Wildman–Crippen LogP) is 3.15. The quantitative estimate of drug-likeness (QED) is 0.828. The lowest BCUT2D eigenvalue weighted by atomic mass is 9.96. The number of rotatable bonds is 6. The largest absolute Gasteiger partial charge is 0.319 e. The van der Waals surface area contributed by atoms with Gasteiger partial charge in [-0.05, 0) is 49.3 Å². The summed E-state index contributed by atoms with van der Waals surface area (Å²) in [6, 6.07) is 10.4. The molecule has 2 aromatic rings. The van der Waals surface area contributed by atoms with E-state index in [0.29, 0.717) is 12.0 Å². The Morgan fingerprint density at radius 3 is 2.62 bits per heavy atom. The van der Waals surface area contributed by atoms with Gasteiger partial charge in [-0.15, -0.1) is 0 Å². The summed E-state index contributed by atoms with van der Waals surface area (Å²) in [5.41, 5.74) is 1.56. The minimum absolute atomic E-state index is 0.0865. The molecule has 21 heavy (non-hydrogen) atoms. The molecule has 0 fully saturated rings. The molecule has 2 aromatic carbocycles. The standard InChI is InChI=1S/C17H17F2NO/c1-20-9-8-12-4-2-3-5-15(12)17(21)11-13-10-14(18)6-7-16(13)19/h2-7,10,20H,8-9,11H2,1H3. The summed E-state index contributed by atoms with van der Waals surface area (Å²) in [6.45, 7) is 0.749. The first kappa shape index (κ1) is 15.3. The normalized spacial score (nSPS) is 10.6. The van der Waals surface area contributed by atoms with E-state index >= 15 is 0 Å². The van der Waals surface area contributed by atoms with Crippen LogP contribution in [0, 0.1) is 11.6 Å². The molecule has 110 valence electrons. The predicted molar refractivity (Wildman–Crippen MR) is 78.5 cm³/mol. The maximum atomic E-state index is 13.6. The van der Waals surface area contributed by atoms with Crippen LogP contribution in [0.3, 0.4) is 0 Å². The highest BCUT2D eigenvalue weighted by molar-refractivity contribution is 5.98. The maximum Gasteiger partial charge on any atom is 0.167 e. The lowest BCUT2D eigenvalue weighted by Gasteiger charge is -2.09. The van der Waals surface area contributed by atoms with Crippen LogP contribution < -0.4 is 5.32 Å². The van der Waals surface area contributed by atoms with Crippen molar-refractivity contribution < 1.29 is 13.6 Å². The van der Waals surface area contributed by atoms with Crippen LogP contribution in [-0.2, 0) is 12.8 Å². The fourth-order valence-corrected chi connectivity index (χ4v) is 2.22. The summed E-state index contributed by atoms with van der Waals surface area (Å²) < 4.78 is 26.8. The van der Waals surface area contributed by atoms with Crippen LogP contribution in [-0.4, -0.2) is 19.4 Å². The Balaban J connectivity index is 2.22. The molecule has 0 amide bonds. The van der Waals surface area contributed by atoms with Gasteiger partial charge < -0.3 is 5.32 Å². The van der Waals surface area contributed by atoms with Crippen LogP contribution in [0.4, 0.5) is 8.78 Å². The first-order chi connectivity index (χ1) is 10.1. The summed E-state index contributed by atoms with van der Waals surface area (Å²) in [5.74, 6) is -1.30. The summed E-state index contributed by atoms with van der Waals surface area (Å²) in [6.07, 6.45) is 0.574. The average molecular weight is 289 g/mol. The minimum atomic E-state index is -0.558. The smallest absolute Gasteiger partial charge is 0.167 e. The first-order valence-corrected chi connectivity index (χ1v) is 6.81. The van der Waals surface area contributed by atoms with Crippen molar-refractivity contribution in [3.8, 4) is 0 Å². The van der Waals surface area contributed by atoms with Crippen molar-refractivity contribution in [3.05, 3.63) is 70.8 Å². The van der Waals surface area contributed by atoms with Crippen LogP contribution >= 0.6 is 0 Å². The van der Waals surface area contributed by atoms with E-state index in [1.165, 1.54) is 0 Å². The molecule has 2 rings (SSSR count). The van der Waals surface area contributed by atoms with Gasteiger partial charge in [-0.2, -0.15) is 0 Å². The SMILES string of the molecule is CNCCc1ccccc1C(=O)Cc1cc(F)ccc1F. The van der Waals surface area contributed by atoms with Gasteiger partial charge in [0.2, 0.25) is 0 Å². The molecule has 0 saturated carbocycles. The van der Waals surface area contributed by atoms with E-state index in [0.717, 1.165) is 30.3 Å². The zero-order chi connectivity index (χ0) is 15.2. The van der Waals surface area contributed by atoms with E-state index in [1.54, 1.807) is 12.1 Å².